The second-order valence-corrected chi connectivity index (χ2v) is 12.3. The molecule has 6 N–H and O–H groups in total. The van der Waals surface area contributed by atoms with Crippen molar-refractivity contribution in [3.05, 3.63) is 0 Å². The van der Waals surface area contributed by atoms with Crippen LogP contribution in [0.1, 0.15) is 78.6 Å². The quantitative estimate of drug-likeness (QED) is 0.307. The standard InChI is InChI=1S/C26H44N2O6/c1-14(4-7-22(32)28-27-13-23(33)34)17-5-6-18-24-19(12-21(31)26(17,18)3)25(2)9-8-16(29)10-15(25)11-20(24)30/h14-21,24,27,29-31H,4-13H2,1-3H3,(H,28,32)(H,33,34)/t14-,15+,16-,17-,18?,19+,20-,21+,24+,25+,26-/m1/s1. The van der Waals surface area contributed by atoms with Crippen molar-refractivity contribution in [3.63, 3.8) is 0 Å². The monoisotopic (exact) mass is 480 g/mol. The molecule has 4 fully saturated rings. The molecule has 1 unspecified atom stereocenters. The van der Waals surface area contributed by atoms with Crippen LogP contribution in [0.25, 0.3) is 0 Å². The van der Waals surface area contributed by atoms with Gasteiger partial charge < -0.3 is 20.4 Å². The second-order valence-electron chi connectivity index (χ2n) is 12.3. The van der Waals surface area contributed by atoms with Crippen molar-refractivity contribution in [2.75, 3.05) is 6.54 Å². The summed E-state index contributed by atoms with van der Waals surface area (Å²) in [6.07, 6.45) is 5.88. The van der Waals surface area contributed by atoms with Gasteiger partial charge in [-0.05, 0) is 97.7 Å². The average Bonchev–Trinajstić information content (AvgIpc) is 3.12. The van der Waals surface area contributed by atoms with Crippen LogP contribution in [0.3, 0.4) is 0 Å². The highest BCUT2D eigenvalue weighted by Crippen LogP contribution is 2.68. The maximum Gasteiger partial charge on any atom is 0.319 e. The van der Waals surface area contributed by atoms with E-state index in [1.165, 1.54) is 0 Å². The van der Waals surface area contributed by atoms with Crippen LogP contribution < -0.4 is 10.9 Å². The zero-order valence-corrected chi connectivity index (χ0v) is 20.9. The Morgan fingerprint density at radius 3 is 2.47 bits per heavy atom. The minimum atomic E-state index is -1.03. The number of fused-ring (bicyclic) bond motifs is 5. The molecule has 4 saturated carbocycles. The van der Waals surface area contributed by atoms with E-state index in [9.17, 15) is 24.9 Å². The van der Waals surface area contributed by atoms with Crippen molar-refractivity contribution in [1.29, 1.82) is 0 Å². The molecule has 4 aliphatic carbocycles. The number of carboxylic acid groups (broad SMARTS) is 1. The second kappa shape index (κ2) is 9.68. The number of nitrogens with one attached hydrogen (secondary N) is 2. The van der Waals surface area contributed by atoms with E-state index >= 15 is 0 Å². The van der Waals surface area contributed by atoms with E-state index < -0.39 is 12.1 Å². The van der Waals surface area contributed by atoms with Crippen molar-refractivity contribution >= 4 is 11.9 Å². The smallest absolute Gasteiger partial charge is 0.319 e. The minimum absolute atomic E-state index is 0.0657. The first kappa shape index (κ1) is 25.9. The van der Waals surface area contributed by atoms with E-state index in [0.717, 1.165) is 38.5 Å². The number of hydrazine groups is 1. The van der Waals surface area contributed by atoms with Crippen molar-refractivity contribution < 1.29 is 30.0 Å². The SMILES string of the molecule is C[C@H](CCC(=O)NNCC(=O)O)[C@H]1CCC2[C@@H]3[C@H](O)C[C@@H]4C[C@H](O)CC[C@]4(C)[C@H]3C[C@H](O)[C@@]21C. The van der Waals surface area contributed by atoms with Gasteiger partial charge >= 0.3 is 5.97 Å². The molecular weight excluding hydrogens is 436 g/mol. The molecule has 0 aromatic heterocycles. The van der Waals surface area contributed by atoms with Crippen LogP contribution in [0.4, 0.5) is 0 Å². The normalized spacial score (nSPS) is 46.6. The summed E-state index contributed by atoms with van der Waals surface area (Å²) in [6, 6.07) is 0. The number of hydrogen-bond donors (Lipinski definition) is 6. The Morgan fingerprint density at radius 1 is 1.03 bits per heavy atom. The lowest BCUT2D eigenvalue weighted by Gasteiger charge is -2.63. The summed E-state index contributed by atoms with van der Waals surface area (Å²) in [5.74, 6) is 0.302. The van der Waals surface area contributed by atoms with Crippen molar-refractivity contribution in [3.8, 4) is 0 Å². The Hall–Kier alpha value is -1.22. The first-order valence-corrected chi connectivity index (χ1v) is 13.3. The van der Waals surface area contributed by atoms with Crippen LogP contribution in [0.2, 0.25) is 0 Å². The number of carbonyl (C=O) groups excluding carboxylic acids is 1. The fourth-order valence-corrected chi connectivity index (χ4v) is 8.97. The molecule has 11 atom stereocenters. The third-order valence-corrected chi connectivity index (χ3v) is 10.8. The summed E-state index contributed by atoms with van der Waals surface area (Å²) in [5.41, 5.74) is 4.65. The zero-order chi connectivity index (χ0) is 24.8. The molecule has 4 rings (SSSR count). The van der Waals surface area contributed by atoms with Crippen molar-refractivity contribution in [1.82, 2.24) is 10.9 Å². The van der Waals surface area contributed by atoms with Gasteiger partial charge in [0.2, 0.25) is 5.91 Å². The summed E-state index contributed by atoms with van der Waals surface area (Å²) in [5, 5.41) is 41.9. The fraction of sp³-hybridized carbons (Fsp3) is 0.923. The zero-order valence-electron chi connectivity index (χ0n) is 20.9. The molecule has 0 aromatic rings. The summed E-state index contributed by atoms with van der Waals surface area (Å²) >= 11 is 0. The molecule has 34 heavy (non-hydrogen) atoms. The third-order valence-electron chi connectivity index (χ3n) is 10.8. The van der Waals surface area contributed by atoms with E-state index in [4.69, 9.17) is 5.11 Å². The molecule has 8 heteroatoms. The van der Waals surface area contributed by atoms with Gasteiger partial charge in [0, 0.05) is 6.42 Å². The van der Waals surface area contributed by atoms with E-state index in [1.807, 2.05) is 0 Å². The Bertz CT molecular complexity index is 778. The highest BCUT2D eigenvalue weighted by atomic mass is 16.4. The van der Waals surface area contributed by atoms with E-state index in [1.54, 1.807) is 0 Å². The number of aliphatic carboxylic acids is 1. The fourth-order valence-electron chi connectivity index (χ4n) is 8.97. The molecule has 8 nitrogen and oxygen atoms in total. The van der Waals surface area contributed by atoms with Gasteiger partial charge in [0.25, 0.3) is 0 Å². The highest BCUT2D eigenvalue weighted by Gasteiger charge is 2.65. The predicted octanol–water partition coefficient (Wildman–Crippen LogP) is 2.07. The van der Waals surface area contributed by atoms with Gasteiger partial charge in [-0.2, -0.15) is 0 Å². The van der Waals surface area contributed by atoms with Crippen LogP contribution in [0.5, 0.6) is 0 Å². The molecule has 0 radical (unpaired) electrons. The molecule has 4 aliphatic rings. The molecule has 0 bridgehead atoms. The maximum absolute atomic E-state index is 12.1. The molecular formula is C26H44N2O6. The lowest BCUT2D eigenvalue weighted by Crippen LogP contribution is -2.62. The number of rotatable bonds is 7. The lowest BCUT2D eigenvalue weighted by molar-refractivity contribution is -0.207. The topological polar surface area (TPSA) is 139 Å². The number of amides is 1. The van der Waals surface area contributed by atoms with E-state index in [0.29, 0.717) is 25.2 Å². The maximum atomic E-state index is 12.1. The summed E-state index contributed by atoms with van der Waals surface area (Å²) in [6.45, 7) is 6.40. The lowest BCUT2D eigenvalue weighted by atomic mass is 9.43. The number of hydrogen-bond acceptors (Lipinski definition) is 6. The predicted molar refractivity (Wildman–Crippen MR) is 126 cm³/mol. The first-order valence-electron chi connectivity index (χ1n) is 13.3. The highest BCUT2D eigenvalue weighted by molar-refractivity contribution is 5.76. The van der Waals surface area contributed by atoms with E-state index in [-0.39, 0.29) is 65.1 Å². The van der Waals surface area contributed by atoms with Crippen LogP contribution in [-0.4, -0.2) is 57.2 Å². The van der Waals surface area contributed by atoms with Crippen LogP contribution >= 0.6 is 0 Å². The molecule has 0 aromatic carbocycles. The molecule has 1 amide bonds. The number of aliphatic hydroxyl groups excluding tert-OH is 3. The van der Waals surface area contributed by atoms with E-state index in [2.05, 4.69) is 31.6 Å². The van der Waals surface area contributed by atoms with Gasteiger partial charge in [-0.25, -0.2) is 5.43 Å². The van der Waals surface area contributed by atoms with Gasteiger partial charge in [0.15, 0.2) is 0 Å². The van der Waals surface area contributed by atoms with Crippen molar-refractivity contribution in [2.45, 2.75) is 96.9 Å². The van der Waals surface area contributed by atoms with Gasteiger partial charge in [-0.1, -0.05) is 20.8 Å². The Labute approximate surface area is 202 Å². The number of aliphatic hydroxyl groups is 3. The van der Waals surface area contributed by atoms with Gasteiger partial charge in [-0.15, -0.1) is 0 Å². The Morgan fingerprint density at radius 2 is 1.76 bits per heavy atom. The van der Waals surface area contributed by atoms with Crippen LogP contribution in [-0.2, 0) is 9.59 Å². The molecule has 0 spiro atoms. The summed E-state index contributed by atoms with van der Waals surface area (Å²) < 4.78 is 0. The third kappa shape index (κ3) is 4.40. The molecule has 0 saturated heterocycles. The van der Waals surface area contributed by atoms with Gasteiger partial charge in [-0.3, -0.25) is 15.0 Å². The number of carboxylic acids is 1. The largest absolute Gasteiger partial charge is 0.480 e. The average molecular weight is 481 g/mol. The van der Waals surface area contributed by atoms with Gasteiger partial charge in [0.05, 0.1) is 18.3 Å². The Kier molecular flexibility index (Phi) is 7.36. The Balaban J connectivity index is 1.45. The molecule has 0 heterocycles. The molecule has 0 aliphatic heterocycles. The summed E-state index contributed by atoms with van der Waals surface area (Å²) in [7, 11) is 0. The van der Waals surface area contributed by atoms with Crippen LogP contribution in [0.15, 0.2) is 0 Å². The molecule has 194 valence electrons. The summed E-state index contributed by atoms with van der Waals surface area (Å²) in [4.78, 5) is 22.7. The first-order chi connectivity index (χ1) is 16.0. The minimum Gasteiger partial charge on any atom is -0.480 e. The van der Waals surface area contributed by atoms with Crippen LogP contribution in [0, 0.1) is 46.3 Å². The van der Waals surface area contributed by atoms with Crippen molar-refractivity contribution in [2.24, 2.45) is 46.3 Å². The number of carbonyl (C=O) groups is 2. The van der Waals surface area contributed by atoms with Gasteiger partial charge in [0.1, 0.15) is 6.54 Å².